The van der Waals surface area contributed by atoms with Gasteiger partial charge < -0.3 is 15.0 Å². The highest BCUT2D eigenvalue weighted by Crippen LogP contribution is 2.14. The van der Waals surface area contributed by atoms with Crippen molar-refractivity contribution in [3.63, 3.8) is 0 Å². The van der Waals surface area contributed by atoms with Crippen LogP contribution in [0.3, 0.4) is 0 Å². The Morgan fingerprint density at radius 3 is 2.43 bits per heavy atom. The van der Waals surface area contributed by atoms with Gasteiger partial charge in [-0.1, -0.05) is 75.2 Å². The Morgan fingerprint density at radius 1 is 0.964 bits per heavy atom. The molecule has 154 valence electrons. The minimum atomic E-state index is 0.632. The van der Waals surface area contributed by atoms with Gasteiger partial charge in [-0.15, -0.1) is 0 Å². The van der Waals surface area contributed by atoms with Crippen molar-refractivity contribution < 1.29 is 4.74 Å². The van der Waals surface area contributed by atoms with Crippen LogP contribution in [0.25, 0.3) is 0 Å². The van der Waals surface area contributed by atoms with E-state index in [1.807, 2.05) is 6.07 Å². The normalized spacial score (nSPS) is 14.0. The first-order valence-corrected chi connectivity index (χ1v) is 11.0. The molecule has 1 aliphatic carbocycles. The molecule has 0 radical (unpaired) electrons. The Morgan fingerprint density at radius 2 is 1.71 bits per heavy atom. The molecule has 1 aliphatic rings. The molecule has 0 amide bonds. The van der Waals surface area contributed by atoms with Gasteiger partial charge in [-0.25, -0.2) is 0 Å². The molecular weight excluding hydrogens is 344 g/mol. The molecule has 1 aromatic carbocycles. The van der Waals surface area contributed by atoms with Gasteiger partial charge in [0, 0.05) is 26.1 Å². The lowest BCUT2D eigenvalue weighted by atomic mass is 10.2. The summed E-state index contributed by atoms with van der Waals surface area (Å²) in [6.07, 6.45) is 14.7. The summed E-state index contributed by atoms with van der Waals surface area (Å²) >= 11 is 0. The predicted molar refractivity (Wildman–Crippen MR) is 120 cm³/mol. The van der Waals surface area contributed by atoms with Gasteiger partial charge in [0.25, 0.3) is 0 Å². The lowest BCUT2D eigenvalue weighted by Crippen LogP contribution is -2.34. The van der Waals surface area contributed by atoms with Crippen molar-refractivity contribution in [3.05, 3.63) is 71.5 Å². The number of hydrogen-bond acceptors (Lipinski definition) is 3. The van der Waals surface area contributed by atoms with Crippen LogP contribution in [0.15, 0.2) is 66.0 Å². The Kier molecular flexibility index (Phi) is 11.4. The first-order chi connectivity index (χ1) is 13.8. The van der Waals surface area contributed by atoms with Gasteiger partial charge in [0.1, 0.15) is 12.4 Å². The van der Waals surface area contributed by atoms with Crippen LogP contribution >= 0.6 is 0 Å². The van der Waals surface area contributed by atoms with Crippen molar-refractivity contribution in [1.82, 2.24) is 10.2 Å². The van der Waals surface area contributed by atoms with Crippen molar-refractivity contribution in [3.8, 4) is 0 Å². The minimum absolute atomic E-state index is 0.632. The molecule has 0 aromatic heterocycles. The molecule has 0 saturated carbocycles. The smallest absolute Gasteiger partial charge is 0.113 e. The monoisotopic (exact) mass is 382 g/mol. The third-order valence-electron chi connectivity index (χ3n) is 4.99. The third-order valence-corrected chi connectivity index (χ3v) is 4.99. The number of benzene rings is 1. The minimum Gasteiger partial charge on any atom is -0.493 e. The number of nitrogens with zero attached hydrogens (tertiary/aromatic N) is 1. The molecule has 0 heterocycles. The first-order valence-electron chi connectivity index (χ1n) is 11.0. The van der Waals surface area contributed by atoms with E-state index >= 15 is 0 Å². The molecule has 0 atom stereocenters. The average Bonchev–Trinajstić information content (AvgIpc) is 2.97. The molecule has 1 aromatic rings. The predicted octanol–water partition coefficient (Wildman–Crippen LogP) is 5.47. The maximum Gasteiger partial charge on any atom is 0.113 e. The van der Waals surface area contributed by atoms with E-state index in [0.29, 0.717) is 6.61 Å². The zero-order chi connectivity index (χ0) is 19.9. The van der Waals surface area contributed by atoms with E-state index in [2.05, 4.69) is 72.6 Å². The van der Waals surface area contributed by atoms with Gasteiger partial charge in [0.2, 0.25) is 0 Å². The molecule has 0 saturated heterocycles. The quantitative estimate of drug-likeness (QED) is 0.432. The molecule has 2 rings (SSSR count). The maximum atomic E-state index is 5.97. The number of allylic oxidation sites excluding steroid dienone is 3. The highest BCUT2D eigenvalue weighted by atomic mass is 16.5. The van der Waals surface area contributed by atoms with E-state index in [1.54, 1.807) is 0 Å². The Balaban J connectivity index is 1.71. The van der Waals surface area contributed by atoms with Gasteiger partial charge in [-0.2, -0.15) is 0 Å². The van der Waals surface area contributed by atoms with Gasteiger partial charge in [-0.05, 0) is 43.1 Å². The van der Waals surface area contributed by atoms with Crippen LogP contribution < -0.4 is 5.32 Å². The van der Waals surface area contributed by atoms with E-state index < -0.39 is 0 Å². The zero-order valence-electron chi connectivity index (χ0n) is 17.8. The number of unbranched alkanes of at least 4 members (excludes halogenated alkanes) is 2. The van der Waals surface area contributed by atoms with E-state index in [4.69, 9.17) is 4.74 Å². The number of ether oxygens (including phenoxy) is 1. The van der Waals surface area contributed by atoms with Crippen molar-refractivity contribution >= 4 is 0 Å². The van der Waals surface area contributed by atoms with Crippen LogP contribution in [0.1, 0.15) is 51.5 Å². The SMILES string of the molecule is CCCCN(CCCC)CCNCC1=CC=C(OCc2ccccc2)CC=C1. The van der Waals surface area contributed by atoms with Crippen molar-refractivity contribution in [2.24, 2.45) is 0 Å². The fourth-order valence-corrected chi connectivity index (χ4v) is 3.19. The van der Waals surface area contributed by atoms with Gasteiger partial charge >= 0.3 is 0 Å². The molecule has 0 aliphatic heterocycles. The van der Waals surface area contributed by atoms with Crippen molar-refractivity contribution in [1.29, 1.82) is 0 Å². The van der Waals surface area contributed by atoms with Crippen LogP contribution in [-0.2, 0) is 11.3 Å². The summed E-state index contributed by atoms with van der Waals surface area (Å²) in [6.45, 7) is 10.7. The number of rotatable bonds is 14. The summed E-state index contributed by atoms with van der Waals surface area (Å²) in [5, 5.41) is 3.61. The van der Waals surface area contributed by atoms with Gasteiger partial charge in [-0.3, -0.25) is 0 Å². The second kappa shape index (κ2) is 14.2. The number of nitrogens with one attached hydrogen (secondary N) is 1. The second-order valence-corrected chi connectivity index (χ2v) is 7.48. The standard InChI is InChI=1S/C25H38N2O/c1-3-5-18-27(19-6-4-2)20-17-26-21-23-13-10-14-25(16-15-23)28-22-24-11-8-7-9-12-24/h7-13,15-16,26H,3-6,14,17-22H2,1-2H3. The summed E-state index contributed by atoms with van der Waals surface area (Å²) in [5.41, 5.74) is 2.52. The second-order valence-electron chi connectivity index (χ2n) is 7.48. The fourth-order valence-electron chi connectivity index (χ4n) is 3.19. The highest BCUT2D eigenvalue weighted by molar-refractivity contribution is 5.30. The summed E-state index contributed by atoms with van der Waals surface area (Å²) in [4.78, 5) is 2.60. The van der Waals surface area contributed by atoms with Gasteiger partial charge in [0.05, 0.1) is 0 Å². The summed E-state index contributed by atoms with van der Waals surface area (Å²) < 4.78 is 5.97. The van der Waals surface area contributed by atoms with E-state index in [1.165, 1.54) is 49.9 Å². The van der Waals surface area contributed by atoms with Crippen LogP contribution in [0, 0.1) is 0 Å². The fraction of sp³-hybridized carbons (Fsp3) is 0.520. The molecule has 3 nitrogen and oxygen atoms in total. The number of hydrogen-bond donors (Lipinski definition) is 1. The lowest BCUT2D eigenvalue weighted by Gasteiger charge is -2.22. The highest BCUT2D eigenvalue weighted by Gasteiger charge is 2.05. The van der Waals surface area contributed by atoms with Crippen LogP contribution in [0.5, 0.6) is 0 Å². The molecular formula is C25H38N2O. The van der Waals surface area contributed by atoms with Gasteiger partial charge in [0.15, 0.2) is 0 Å². The summed E-state index contributed by atoms with van der Waals surface area (Å²) in [7, 11) is 0. The maximum absolute atomic E-state index is 5.97. The summed E-state index contributed by atoms with van der Waals surface area (Å²) in [6, 6.07) is 10.3. The van der Waals surface area contributed by atoms with Crippen molar-refractivity contribution in [2.75, 3.05) is 32.7 Å². The largest absolute Gasteiger partial charge is 0.493 e. The zero-order valence-corrected chi connectivity index (χ0v) is 17.8. The first kappa shape index (κ1) is 22.4. The Hall–Kier alpha value is -1.84. The molecule has 0 spiro atoms. The lowest BCUT2D eigenvalue weighted by molar-refractivity contribution is 0.194. The molecule has 1 N–H and O–H groups in total. The molecule has 0 bridgehead atoms. The van der Waals surface area contributed by atoms with E-state index in [-0.39, 0.29) is 0 Å². The van der Waals surface area contributed by atoms with E-state index in [9.17, 15) is 0 Å². The summed E-state index contributed by atoms with van der Waals surface area (Å²) in [5.74, 6) is 1.03. The average molecular weight is 383 g/mol. The van der Waals surface area contributed by atoms with Crippen molar-refractivity contribution in [2.45, 2.75) is 52.6 Å². The third kappa shape index (κ3) is 9.38. The Bertz CT molecular complexity index is 611. The van der Waals surface area contributed by atoms with Crippen LogP contribution in [-0.4, -0.2) is 37.6 Å². The molecule has 0 fully saturated rings. The Labute approximate surface area is 172 Å². The molecule has 28 heavy (non-hydrogen) atoms. The van der Waals surface area contributed by atoms with E-state index in [0.717, 1.165) is 31.8 Å². The van der Waals surface area contributed by atoms with Crippen LogP contribution in [0.2, 0.25) is 0 Å². The topological polar surface area (TPSA) is 24.5 Å². The van der Waals surface area contributed by atoms with Crippen LogP contribution in [0.4, 0.5) is 0 Å². The molecule has 3 heteroatoms. The molecule has 0 unspecified atom stereocenters.